The molecule has 0 aliphatic carbocycles. The van der Waals surface area contributed by atoms with Gasteiger partial charge in [0, 0.05) is 39.8 Å². The van der Waals surface area contributed by atoms with Crippen molar-refractivity contribution >= 4 is 58.0 Å². The Labute approximate surface area is 166 Å². The Kier molecular flexibility index (Phi) is 6.53. The van der Waals surface area contributed by atoms with Crippen LogP contribution < -0.4 is 20.1 Å². The van der Waals surface area contributed by atoms with E-state index < -0.39 is 0 Å². The monoisotopic (exact) mass is 414 g/mol. The molecule has 3 rings (SSSR count). The number of hydrogen-bond acceptors (Lipinski definition) is 4. The first kappa shape index (κ1) is 18.5. The fourth-order valence-electron chi connectivity index (χ4n) is 2.21. The van der Waals surface area contributed by atoms with Crippen molar-refractivity contribution in [3.8, 4) is 11.5 Å². The molecule has 0 atom stereocenters. The molecule has 1 heterocycles. The minimum absolute atomic E-state index is 0.260. The Morgan fingerprint density at radius 3 is 2.80 bits per heavy atom. The molecule has 0 bridgehead atoms. The summed E-state index contributed by atoms with van der Waals surface area (Å²) in [4.78, 5) is 0. The Bertz CT molecular complexity index is 774. The Morgan fingerprint density at radius 1 is 1.12 bits per heavy atom. The minimum atomic E-state index is 0.260. The maximum absolute atomic E-state index is 6.16. The third-order valence-electron chi connectivity index (χ3n) is 3.44. The van der Waals surface area contributed by atoms with Gasteiger partial charge in [-0.15, -0.1) is 0 Å². The van der Waals surface area contributed by atoms with Crippen molar-refractivity contribution in [1.29, 1.82) is 0 Å². The number of fused-ring (bicyclic) bond motifs is 1. The molecule has 0 amide bonds. The number of thioether (sulfide) groups is 1. The molecule has 0 unspecified atom stereocenters. The zero-order valence-electron chi connectivity index (χ0n) is 13.2. The summed E-state index contributed by atoms with van der Waals surface area (Å²) >= 11 is 19.1. The molecule has 1 aliphatic heterocycles. The van der Waals surface area contributed by atoms with Crippen LogP contribution in [0.4, 0.5) is 5.69 Å². The van der Waals surface area contributed by atoms with Gasteiger partial charge in [0.25, 0.3) is 0 Å². The van der Waals surface area contributed by atoms with Crippen molar-refractivity contribution in [2.24, 2.45) is 0 Å². The summed E-state index contributed by atoms with van der Waals surface area (Å²) in [5, 5.41) is 8.25. The van der Waals surface area contributed by atoms with Gasteiger partial charge < -0.3 is 20.1 Å². The third-order valence-corrected chi connectivity index (χ3v) is 5.28. The third kappa shape index (κ3) is 5.31. The van der Waals surface area contributed by atoms with E-state index in [9.17, 15) is 0 Å². The van der Waals surface area contributed by atoms with E-state index >= 15 is 0 Å². The minimum Gasteiger partial charge on any atom is -0.454 e. The van der Waals surface area contributed by atoms with Crippen LogP contribution in [0.3, 0.4) is 0 Å². The summed E-state index contributed by atoms with van der Waals surface area (Å²) in [6.45, 7) is 1.02. The zero-order chi connectivity index (χ0) is 17.6. The highest BCUT2D eigenvalue weighted by molar-refractivity contribution is 7.98. The van der Waals surface area contributed by atoms with E-state index in [2.05, 4.69) is 10.6 Å². The van der Waals surface area contributed by atoms with E-state index in [1.165, 1.54) is 0 Å². The first-order valence-electron chi connectivity index (χ1n) is 7.58. The second kappa shape index (κ2) is 8.85. The van der Waals surface area contributed by atoms with Crippen molar-refractivity contribution < 1.29 is 9.47 Å². The van der Waals surface area contributed by atoms with E-state index in [0.29, 0.717) is 15.2 Å². The van der Waals surface area contributed by atoms with Crippen molar-refractivity contribution in [3.63, 3.8) is 0 Å². The van der Waals surface area contributed by atoms with E-state index in [0.717, 1.165) is 40.8 Å². The van der Waals surface area contributed by atoms with Gasteiger partial charge in [-0.05, 0) is 42.0 Å². The molecule has 0 fully saturated rings. The van der Waals surface area contributed by atoms with E-state index in [1.807, 2.05) is 30.3 Å². The number of nitrogens with one attached hydrogen (secondary N) is 2. The molecular weight excluding hydrogens is 399 g/mol. The predicted molar refractivity (Wildman–Crippen MR) is 109 cm³/mol. The van der Waals surface area contributed by atoms with Gasteiger partial charge in [0.05, 0.1) is 0 Å². The van der Waals surface area contributed by atoms with Crippen LogP contribution in [0, 0.1) is 0 Å². The molecule has 0 saturated heterocycles. The van der Waals surface area contributed by atoms with Crippen LogP contribution in [-0.4, -0.2) is 24.2 Å². The normalized spacial score (nSPS) is 12.1. The number of anilines is 1. The number of ether oxygens (including phenoxy) is 2. The van der Waals surface area contributed by atoms with Crippen LogP contribution in [0.25, 0.3) is 0 Å². The lowest BCUT2D eigenvalue weighted by molar-refractivity contribution is 0.174. The van der Waals surface area contributed by atoms with Crippen molar-refractivity contribution in [2.45, 2.75) is 5.75 Å². The van der Waals surface area contributed by atoms with E-state index in [-0.39, 0.29) is 6.79 Å². The maximum Gasteiger partial charge on any atom is 0.231 e. The summed E-state index contributed by atoms with van der Waals surface area (Å²) in [6.07, 6.45) is 0. The maximum atomic E-state index is 6.16. The van der Waals surface area contributed by atoms with Gasteiger partial charge in [0.1, 0.15) is 0 Å². The molecule has 2 aromatic rings. The SMILES string of the molecule is S=C(NCCSCc1ccc(Cl)cc1Cl)Nc1ccc2c(c1)OCO2. The van der Waals surface area contributed by atoms with Crippen molar-refractivity contribution in [3.05, 3.63) is 52.0 Å². The van der Waals surface area contributed by atoms with Gasteiger partial charge in [0.2, 0.25) is 6.79 Å². The molecule has 0 spiro atoms. The summed E-state index contributed by atoms with van der Waals surface area (Å²) in [6, 6.07) is 11.2. The smallest absolute Gasteiger partial charge is 0.231 e. The summed E-state index contributed by atoms with van der Waals surface area (Å²) in [5.74, 6) is 3.21. The second-order valence-corrected chi connectivity index (χ2v) is 7.59. The molecule has 8 heteroatoms. The van der Waals surface area contributed by atoms with Crippen LogP contribution in [0.2, 0.25) is 10.0 Å². The van der Waals surface area contributed by atoms with Gasteiger partial charge in [-0.1, -0.05) is 29.3 Å². The highest BCUT2D eigenvalue weighted by Crippen LogP contribution is 2.34. The number of thiocarbonyl (C=S) groups is 1. The summed E-state index contributed by atoms with van der Waals surface area (Å²) in [7, 11) is 0. The average Bonchev–Trinajstić information content (AvgIpc) is 3.04. The van der Waals surface area contributed by atoms with Crippen LogP contribution in [0.5, 0.6) is 11.5 Å². The lowest BCUT2D eigenvalue weighted by Crippen LogP contribution is -2.30. The number of rotatable bonds is 6. The zero-order valence-corrected chi connectivity index (χ0v) is 16.3. The van der Waals surface area contributed by atoms with Crippen LogP contribution in [0.1, 0.15) is 5.56 Å². The average molecular weight is 415 g/mol. The second-order valence-electron chi connectivity index (χ2n) is 5.24. The largest absolute Gasteiger partial charge is 0.454 e. The Balaban J connectivity index is 1.36. The first-order valence-corrected chi connectivity index (χ1v) is 9.90. The van der Waals surface area contributed by atoms with Crippen LogP contribution in [0.15, 0.2) is 36.4 Å². The van der Waals surface area contributed by atoms with E-state index in [1.54, 1.807) is 17.8 Å². The van der Waals surface area contributed by atoms with Crippen molar-refractivity contribution in [2.75, 3.05) is 24.4 Å². The lowest BCUT2D eigenvalue weighted by atomic mass is 10.2. The molecular formula is C17H16Cl2N2O2S2. The number of hydrogen-bond donors (Lipinski definition) is 2. The predicted octanol–water partition coefficient (Wildman–Crippen LogP) is 4.94. The molecule has 4 nitrogen and oxygen atoms in total. The van der Waals surface area contributed by atoms with Gasteiger partial charge in [-0.25, -0.2) is 0 Å². The van der Waals surface area contributed by atoms with Gasteiger partial charge >= 0.3 is 0 Å². The lowest BCUT2D eigenvalue weighted by Gasteiger charge is -2.11. The van der Waals surface area contributed by atoms with E-state index in [4.69, 9.17) is 44.9 Å². The van der Waals surface area contributed by atoms with Crippen LogP contribution in [-0.2, 0) is 5.75 Å². The molecule has 132 valence electrons. The molecule has 2 N–H and O–H groups in total. The summed E-state index contributed by atoms with van der Waals surface area (Å²) in [5.41, 5.74) is 1.94. The van der Waals surface area contributed by atoms with Gasteiger partial charge in [0.15, 0.2) is 16.6 Å². The van der Waals surface area contributed by atoms with Gasteiger partial charge in [-0.2, -0.15) is 11.8 Å². The Hall–Kier alpha value is -1.34. The highest BCUT2D eigenvalue weighted by Gasteiger charge is 2.13. The molecule has 0 radical (unpaired) electrons. The van der Waals surface area contributed by atoms with Crippen molar-refractivity contribution in [1.82, 2.24) is 5.32 Å². The fraction of sp³-hybridized carbons (Fsp3) is 0.235. The number of benzene rings is 2. The fourth-order valence-corrected chi connectivity index (χ4v) is 3.84. The summed E-state index contributed by atoms with van der Waals surface area (Å²) < 4.78 is 10.6. The molecule has 0 aromatic heterocycles. The first-order chi connectivity index (χ1) is 12.1. The van der Waals surface area contributed by atoms with Gasteiger partial charge in [-0.3, -0.25) is 0 Å². The Morgan fingerprint density at radius 2 is 1.96 bits per heavy atom. The van der Waals surface area contributed by atoms with Crippen LogP contribution >= 0.6 is 47.2 Å². The number of halogens is 2. The molecule has 2 aromatic carbocycles. The highest BCUT2D eigenvalue weighted by atomic mass is 35.5. The quantitative estimate of drug-likeness (QED) is 0.515. The standard InChI is InChI=1S/C17H16Cl2N2O2S2/c18-12-2-1-11(14(19)7-12)9-25-6-5-20-17(24)21-13-3-4-15-16(8-13)23-10-22-15/h1-4,7-8H,5-6,9-10H2,(H2,20,21,24). The molecule has 1 aliphatic rings. The topological polar surface area (TPSA) is 42.5 Å². The molecule has 0 saturated carbocycles. The molecule has 25 heavy (non-hydrogen) atoms.